The molecule has 0 amide bonds. The number of nitrogens with zero attached hydrogens (tertiary/aromatic N) is 5. The lowest BCUT2D eigenvalue weighted by molar-refractivity contribution is 0.859. The van der Waals surface area contributed by atoms with Crippen molar-refractivity contribution in [3.63, 3.8) is 0 Å². The van der Waals surface area contributed by atoms with Crippen molar-refractivity contribution in [2.75, 3.05) is 11.9 Å². The topological polar surface area (TPSA) is 65.7 Å². The summed E-state index contributed by atoms with van der Waals surface area (Å²) in [6.45, 7) is 4.54. The summed E-state index contributed by atoms with van der Waals surface area (Å²) >= 11 is 1.61. The SMILES string of the molecule is Cc1cc(C#N)nc(N(C)Cc2scnc2C)n1. The van der Waals surface area contributed by atoms with Crippen LogP contribution < -0.4 is 4.90 Å². The lowest BCUT2D eigenvalue weighted by Crippen LogP contribution is -2.19. The zero-order chi connectivity index (χ0) is 13.1. The highest BCUT2D eigenvalue weighted by atomic mass is 32.1. The van der Waals surface area contributed by atoms with E-state index in [-0.39, 0.29) is 0 Å². The summed E-state index contributed by atoms with van der Waals surface area (Å²) in [5.74, 6) is 0.569. The molecule has 0 atom stereocenters. The Balaban J connectivity index is 2.24. The Hall–Kier alpha value is -2.00. The molecule has 0 radical (unpaired) electrons. The lowest BCUT2D eigenvalue weighted by Gasteiger charge is -2.16. The van der Waals surface area contributed by atoms with Gasteiger partial charge >= 0.3 is 0 Å². The molecule has 0 unspecified atom stereocenters. The zero-order valence-electron chi connectivity index (χ0n) is 10.5. The third-order valence-electron chi connectivity index (χ3n) is 2.52. The minimum Gasteiger partial charge on any atom is -0.339 e. The predicted octanol–water partition coefficient (Wildman–Crippen LogP) is 2.06. The fourth-order valence-electron chi connectivity index (χ4n) is 1.54. The highest BCUT2D eigenvalue weighted by molar-refractivity contribution is 7.09. The van der Waals surface area contributed by atoms with Gasteiger partial charge in [-0.25, -0.2) is 15.0 Å². The first kappa shape index (κ1) is 12.5. The third kappa shape index (κ3) is 2.63. The maximum Gasteiger partial charge on any atom is 0.226 e. The Kier molecular flexibility index (Phi) is 3.53. The van der Waals surface area contributed by atoms with Gasteiger partial charge in [-0.1, -0.05) is 0 Å². The fraction of sp³-hybridized carbons (Fsp3) is 0.333. The van der Waals surface area contributed by atoms with Gasteiger partial charge in [-0.2, -0.15) is 5.26 Å². The predicted molar refractivity (Wildman–Crippen MR) is 70.4 cm³/mol. The second-order valence-electron chi connectivity index (χ2n) is 4.02. The van der Waals surface area contributed by atoms with Gasteiger partial charge in [0, 0.05) is 17.6 Å². The molecule has 2 heterocycles. The summed E-state index contributed by atoms with van der Waals surface area (Å²) in [6.07, 6.45) is 0. The van der Waals surface area contributed by atoms with Crippen molar-refractivity contribution in [1.29, 1.82) is 5.26 Å². The van der Waals surface area contributed by atoms with E-state index in [4.69, 9.17) is 5.26 Å². The number of aryl methyl sites for hydroxylation is 2. The van der Waals surface area contributed by atoms with Gasteiger partial charge < -0.3 is 4.90 Å². The summed E-state index contributed by atoms with van der Waals surface area (Å²) in [4.78, 5) is 15.9. The standard InChI is InChI=1S/C12H13N5S/c1-8-4-10(5-13)16-12(15-8)17(3)6-11-9(2)14-7-18-11/h4,7H,6H2,1-3H3. The van der Waals surface area contributed by atoms with E-state index >= 15 is 0 Å². The van der Waals surface area contributed by atoms with E-state index in [9.17, 15) is 0 Å². The van der Waals surface area contributed by atoms with Gasteiger partial charge in [0.1, 0.15) is 11.8 Å². The van der Waals surface area contributed by atoms with Crippen LogP contribution in [0.4, 0.5) is 5.95 Å². The average molecular weight is 259 g/mol. The molecule has 0 aliphatic rings. The van der Waals surface area contributed by atoms with Crippen molar-refractivity contribution in [1.82, 2.24) is 15.0 Å². The van der Waals surface area contributed by atoms with Gasteiger partial charge in [-0.15, -0.1) is 11.3 Å². The molecule has 6 heteroatoms. The number of thiazole rings is 1. The van der Waals surface area contributed by atoms with Crippen LogP contribution in [-0.4, -0.2) is 22.0 Å². The van der Waals surface area contributed by atoms with E-state index in [1.54, 1.807) is 17.4 Å². The van der Waals surface area contributed by atoms with Crippen LogP contribution in [0, 0.1) is 25.2 Å². The molecule has 0 saturated heterocycles. The first-order valence-electron chi connectivity index (χ1n) is 5.46. The Morgan fingerprint density at radius 1 is 1.39 bits per heavy atom. The second-order valence-corrected chi connectivity index (χ2v) is 4.96. The summed E-state index contributed by atoms with van der Waals surface area (Å²) in [7, 11) is 1.91. The first-order valence-corrected chi connectivity index (χ1v) is 6.34. The summed E-state index contributed by atoms with van der Waals surface area (Å²) in [5, 5.41) is 8.90. The summed E-state index contributed by atoms with van der Waals surface area (Å²) in [6, 6.07) is 3.72. The Morgan fingerprint density at radius 2 is 2.17 bits per heavy atom. The lowest BCUT2D eigenvalue weighted by atomic mass is 10.3. The number of rotatable bonds is 3. The van der Waals surface area contributed by atoms with Crippen molar-refractivity contribution in [3.8, 4) is 6.07 Å². The summed E-state index contributed by atoms with van der Waals surface area (Å²) < 4.78 is 0. The van der Waals surface area contributed by atoms with Gasteiger partial charge in [0.2, 0.25) is 5.95 Å². The maximum absolute atomic E-state index is 8.90. The van der Waals surface area contributed by atoms with Crippen molar-refractivity contribution < 1.29 is 0 Å². The molecule has 0 bridgehead atoms. The molecule has 0 aromatic carbocycles. The highest BCUT2D eigenvalue weighted by Gasteiger charge is 2.10. The van der Waals surface area contributed by atoms with E-state index in [1.807, 2.05) is 37.4 Å². The largest absolute Gasteiger partial charge is 0.339 e. The van der Waals surface area contributed by atoms with E-state index in [0.717, 1.165) is 11.4 Å². The van der Waals surface area contributed by atoms with Crippen molar-refractivity contribution in [2.45, 2.75) is 20.4 Å². The Labute approximate surface area is 110 Å². The van der Waals surface area contributed by atoms with E-state index in [0.29, 0.717) is 18.2 Å². The van der Waals surface area contributed by atoms with Gasteiger partial charge in [-0.3, -0.25) is 0 Å². The molecule has 18 heavy (non-hydrogen) atoms. The Morgan fingerprint density at radius 3 is 2.78 bits per heavy atom. The van der Waals surface area contributed by atoms with E-state index in [1.165, 1.54) is 4.88 Å². The van der Waals surface area contributed by atoms with Crippen LogP contribution in [0.3, 0.4) is 0 Å². The number of aromatic nitrogens is 3. The van der Waals surface area contributed by atoms with Crippen LogP contribution in [0.1, 0.15) is 22.0 Å². The molecule has 0 saturated carbocycles. The van der Waals surface area contributed by atoms with Crippen LogP contribution in [0.5, 0.6) is 0 Å². The third-order valence-corrected chi connectivity index (χ3v) is 3.44. The molecule has 2 aromatic heterocycles. The fourth-order valence-corrected chi connectivity index (χ4v) is 2.37. The quantitative estimate of drug-likeness (QED) is 0.844. The molecule has 2 rings (SSSR count). The highest BCUT2D eigenvalue weighted by Crippen LogP contribution is 2.17. The molecule has 5 nitrogen and oxygen atoms in total. The monoisotopic (exact) mass is 259 g/mol. The van der Waals surface area contributed by atoms with Crippen LogP contribution >= 0.6 is 11.3 Å². The van der Waals surface area contributed by atoms with E-state index in [2.05, 4.69) is 15.0 Å². The zero-order valence-corrected chi connectivity index (χ0v) is 11.3. The first-order chi connectivity index (χ1) is 8.60. The van der Waals surface area contributed by atoms with Crippen LogP contribution in [-0.2, 0) is 6.54 Å². The number of hydrogen-bond acceptors (Lipinski definition) is 6. The minimum absolute atomic E-state index is 0.394. The number of anilines is 1. The van der Waals surface area contributed by atoms with Gasteiger partial charge in [0.15, 0.2) is 0 Å². The number of hydrogen-bond donors (Lipinski definition) is 0. The molecule has 0 aliphatic heterocycles. The normalized spacial score (nSPS) is 10.1. The van der Waals surface area contributed by atoms with Gasteiger partial charge in [-0.05, 0) is 19.9 Å². The molecule has 0 fully saturated rings. The molecular formula is C12H13N5S. The summed E-state index contributed by atoms with van der Waals surface area (Å²) in [5.41, 5.74) is 4.05. The van der Waals surface area contributed by atoms with Crippen LogP contribution in [0.2, 0.25) is 0 Å². The van der Waals surface area contributed by atoms with Gasteiger partial charge in [0.05, 0.1) is 17.7 Å². The van der Waals surface area contributed by atoms with Crippen molar-refractivity contribution in [3.05, 3.63) is 33.5 Å². The van der Waals surface area contributed by atoms with Gasteiger partial charge in [0.25, 0.3) is 0 Å². The molecule has 0 aliphatic carbocycles. The molecule has 0 spiro atoms. The molecule has 2 aromatic rings. The molecular weight excluding hydrogens is 246 g/mol. The van der Waals surface area contributed by atoms with Crippen molar-refractivity contribution in [2.24, 2.45) is 0 Å². The Bertz CT molecular complexity index is 599. The second kappa shape index (κ2) is 5.10. The smallest absolute Gasteiger partial charge is 0.226 e. The number of nitriles is 1. The molecule has 0 N–H and O–H groups in total. The van der Waals surface area contributed by atoms with E-state index < -0.39 is 0 Å². The minimum atomic E-state index is 0.394. The van der Waals surface area contributed by atoms with Crippen LogP contribution in [0.25, 0.3) is 0 Å². The molecule has 92 valence electrons. The maximum atomic E-state index is 8.90. The average Bonchev–Trinajstić information content (AvgIpc) is 2.74. The van der Waals surface area contributed by atoms with Crippen LogP contribution in [0.15, 0.2) is 11.6 Å². The van der Waals surface area contributed by atoms with Crippen molar-refractivity contribution >= 4 is 17.3 Å².